The minimum Gasteiger partial charge on any atom is -0.311 e. The minimum absolute atomic E-state index is 0.710. The van der Waals surface area contributed by atoms with E-state index in [1.54, 1.807) is 0 Å². The molecule has 0 amide bonds. The van der Waals surface area contributed by atoms with Crippen molar-refractivity contribution in [3.8, 4) is 11.4 Å². The maximum absolute atomic E-state index is 4.26. The van der Waals surface area contributed by atoms with Crippen molar-refractivity contribution in [3.05, 3.63) is 33.0 Å². The predicted molar refractivity (Wildman–Crippen MR) is 79.2 cm³/mol. The van der Waals surface area contributed by atoms with Crippen LogP contribution in [0, 0.1) is 0 Å². The number of rotatable bonds is 3. The van der Waals surface area contributed by atoms with Gasteiger partial charge in [-0.05, 0) is 41.1 Å². The zero-order chi connectivity index (χ0) is 12.4. The third kappa shape index (κ3) is 2.63. The molecule has 90 valence electrons. The average Bonchev–Trinajstić information content (AvgIpc) is 2.71. The lowest BCUT2D eigenvalue weighted by atomic mass is 10.2. The molecule has 0 atom stereocenters. The topological polar surface area (TPSA) is 30.7 Å². The van der Waals surface area contributed by atoms with E-state index in [1.165, 1.54) is 0 Å². The highest BCUT2D eigenvalue weighted by Gasteiger charge is 2.14. The quantitative estimate of drug-likeness (QED) is 0.686. The van der Waals surface area contributed by atoms with Gasteiger partial charge in [-0.1, -0.05) is 31.9 Å². The number of hydrogen-bond acceptors (Lipinski definition) is 2. The van der Waals surface area contributed by atoms with Crippen molar-refractivity contribution in [1.29, 1.82) is 0 Å². The van der Waals surface area contributed by atoms with Crippen LogP contribution in [0.4, 0.5) is 0 Å². The third-order valence-electron chi connectivity index (χ3n) is 2.44. The Bertz CT molecular complexity index is 537. The van der Waals surface area contributed by atoms with Gasteiger partial charge in [-0.15, -0.1) is 10.2 Å². The summed E-state index contributed by atoms with van der Waals surface area (Å²) in [6.45, 7) is 2.94. The predicted octanol–water partition coefficient (Wildman–Crippen LogP) is 4.38. The molecule has 0 saturated heterocycles. The van der Waals surface area contributed by atoms with Crippen molar-refractivity contribution < 1.29 is 0 Å². The van der Waals surface area contributed by atoms with Crippen molar-refractivity contribution in [2.24, 2.45) is 0 Å². The molecule has 0 bridgehead atoms. The Morgan fingerprint density at radius 3 is 2.59 bits per heavy atom. The number of aromatic nitrogens is 3. The molecule has 0 aliphatic rings. The van der Waals surface area contributed by atoms with Gasteiger partial charge in [0.25, 0.3) is 0 Å². The molecule has 2 rings (SSSR count). The second-order valence-corrected chi connectivity index (χ2v) is 5.77. The standard InChI is InChI=1S/C11H10Br3N3/c1-2-17-10(6-12)15-16-11(17)8-4-3-7(13)5-9(8)14/h3-5H,2,6H2,1H3. The maximum Gasteiger partial charge on any atom is 0.165 e. The largest absolute Gasteiger partial charge is 0.311 e. The van der Waals surface area contributed by atoms with E-state index in [1.807, 2.05) is 18.2 Å². The second-order valence-electron chi connectivity index (χ2n) is 3.44. The van der Waals surface area contributed by atoms with Crippen LogP contribution in [0.2, 0.25) is 0 Å². The summed E-state index contributed by atoms with van der Waals surface area (Å²) in [5, 5.41) is 9.15. The zero-order valence-corrected chi connectivity index (χ0v) is 13.9. The van der Waals surface area contributed by atoms with Crippen LogP contribution in [-0.2, 0) is 11.9 Å². The molecule has 0 aliphatic heterocycles. The summed E-state index contributed by atoms with van der Waals surface area (Å²) in [5.74, 6) is 1.83. The van der Waals surface area contributed by atoms with Gasteiger partial charge in [0.2, 0.25) is 0 Å². The molecular formula is C11H10Br3N3. The first-order valence-electron chi connectivity index (χ1n) is 5.10. The fourth-order valence-corrected chi connectivity index (χ4v) is 3.28. The smallest absolute Gasteiger partial charge is 0.165 e. The van der Waals surface area contributed by atoms with Gasteiger partial charge in [0.05, 0.1) is 5.33 Å². The summed E-state index contributed by atoms with van der Waals surface area (Å²) in [7, 11) is 0. The summed E-state index contributed by atoms with van der Waals surface area (Å²) in [5.41, 5.74) is 1.05. The van der Waals surface area contributed by atoms with Crippen molar-refractivity contribution in [2.75, 3.05) is 0 Å². The molecule has 3 nitrogen and oxygen atoms in total. The van der Waals surface area contributed by atoms with Crippen LogP contribution < -0.4 is 0 Å². The van der Waals surface area contributed by atoms with Gasteiger partial charge >= 0.3 is 0 Å². The number of hydrogen-bond donors (Lipinski definition) is 0. The van der Waals surface area contributed by atoms with Gasteiger partial charge < -0.3 is 4.57 Å². The van der Waals surface area contributed by atoms with Crippen molar-refractivity contribution in [1.82, 2.24) is 14.8 Å². The number of halogens is 3. The maximum atomic E-state index is 4.26. The molecule has 6 heteroatoms. The summed E-state index contributed by atoms with van der Waals surface area (Å²) < 4.78 is 4.15. The van der Waals surface area contributed by atoms with Gasteiger partial charge in [0, 0.05) is 21.1 Å². The molecule has 1 aromatic heterocycles. The van der Waals surface area contributed by atoms with Crippen LogP contribution in [0.3, 0.4) is 0 Å². The first kappa shape index (κ1) is 13.2. The van der Waals surface area contributed by atoms with Gasteiger partial charge in [0.15, 0.2) is 5.82 Å². The van der Waals surface area contributed by atoms with Gasteiger partial charge in [0.1, 0.15) is 5.82 Å². The number of alkyl halides is 1. The van der Waals surface area contributed by atoms with Gasteiger partial charge in [-0.25, -0.2) is 0 Å². The summed E-state index contributed by atoms with van der Waals surface area (Å²) in [4.78, 5) is 0. The highest BCUT2D eigenvalue weighted by atomic mass is 79.9. The van der Waals surface area contributed by atoms with Crippen LogP contribution >= 0.6 is 47.8 Å². The summed E-state index contributed by atoms with van der Waals surface area (Å²) in [6.07, 6.45) is 0. The molecule has 0 aliphatic carbocycles. The third-order valence-corrected chi connectivity index (χ3v) is 4.09. The van der Waals surface area contributed by atoms with E-state index >= 15 is 0 Å². The number of benzene rings is 1. The summed E-state index contributed by atoms with van der Waals surface area (Å²) in [6, 6.07) is 6.04. The monoisotopic (exact) mass is 421 g/mol. The fourth-order valence-electron chi connectivity index (χ4n) is 1.64. The van der Waals surface area contributed by atoms with Gasteiger partial charge in [-0.3, -0.25) is 0 Å². The summed E-state index contributed by atoms with van der Waals surface area (Å²) >= 11 is 10.4. The van der Waals surface area contributed by atoms with Crippen molar-refractivity contribution in [2.45, 2.75) is 18.8 Å². The van der Waals surface area contributed by atoms with Crippen LogP contribution in [-0.4, -0.2) is 14.8 Å². The molecule has 0 radical (unpaired) electrons. The lowest BCUT2D eigenvalue weighted by molar-refractivity contribution is 0.733. The van der Waals surface area contributed by atoms with E-state index in [4.69, 9.17) is 0 Å². The number of nitrogens with zero attached hydrogens (tertiary/aromatic N) is 3. The van der Waals surface area contributed by atoms with E-state index in [0.29, 0.717) is 5.33 Å². The molecule has 1 aromatic carbocycles. The Hall–Kier alpha value is -0.200. The first-order valence-corrected chi connectivity index (χ1v) is 7.81. The highest BCUT2D eigenvalue weighted by Crippen LogP contribution is 2.30. The van der Waals surface area contributed by atoms with Crippen molar-refractivity contribution in [3.63, 3.8) is 0 Å². The molecule has 1 heterocycles. The van der Waals surface area contributed by atoms with Crippen LogP contribution in [0.5, 0.6) is 0 Å². The molecule has 0 saturated carbocycles. The molecule has 0 fully saturated rings. The van der Waals surface area contributed by atoms with E-state index in [9.17, 15) is 0 Å². The SMILES string of the molecule is CCn1c(CBr)nnc1-c1ccc(Br)cc1Br. The molecular weight excluding hydrogens is 414 g/mol. The van der Waals surface area contributed by atoms with Crippen molar-refractivity contribution >= 4 is 47.8 Å². The van der Waals surface area contributed by atoms with Gasteiger partial charge in [-0.2, -0.15) is 0 Å². The van der Waals surface area contributed by atoms with E-state index < -0.39 is 0 Å². The molecule has 0 spiro atoms. The first-order chi connectivity index (χ1) is 8.17. The normalized spacial score (nSPS) is 10.8. The Morgan fingerprint density at radius 2 is 2.00 bits per heavy atom. The zero-order valence-electron chi connectivity index (χ0n) is 9.12. The van der Waals surface area contributed by atoms with Crippen LogP contribution in [0.15, 0.2) is 27.1 Å². The minimum atomic E-state index is 0.710. The van der Waals surface area contributed by atoms with E-state index in [0.717, 1.165) is 32.7 Å². The molecule has 0 N–H and O–H groups in total. The van der Waals surface area contributed by atoms with Crippen LogP contribution in [0.25, 0.3) is 11.4 Å². The lowest BCUT2D eigenvalue weighted by Crippen LogP contribution is -2.02. The molecule has 0 unspecified atom stereocenters. The second kappa shape index (κ2) is 5.63. The Labute approximate surface area is 125 Å². The molecule has 17 heavy (non-hydrogen) atoms. The van der Waals surface area contributed by atoms with E-state index in [2.05, 4.69) is 69.5 Å². The molecule has 2 aromatic rings. The van der Waals surface area contributed by atoms with Crippen LogP contribution in [0.1, 0.15) is 12.7 Å². The van der Waals surface area contributed by atoms with E-state index in [-0.39, 0.29) is 0 Å². The Balaban J connectivity index is 2.56. The highest BCUT2D eigenvalue weighted by molar-refractivity contribution is 9.11. The average molecular weight is 424 g/mol. The lowest BCUT2D eigenvalue weighted by Gasteiger charge is -2.07. The fraction of sp³-hybridized carbons (Fsp3) is 0.273. The Morgan fingerprint density at radius 1 is 1.24 bits per heavy atom. The Kier molecular flexibility index (Phi) is 4.38.